The highest BCUT2D eigenvalue weighted by Crippen LogP contribution is 2.09. The minimum atomic E-state index is -1.18. The van der Waals surface area contributed by atoms with Crippen LogP contribution in [0.3, 0.4) is 0 Å². The zero-order valence-corrected chi connectivity index (χ0v) is 20.9. The molecule has 8 N–H and O–H groups in total. The van der Waals surface area contributed by atoms with Gasteiger partial charge >= 0.3 is 5.97 Å². The zero-order chi connectivity index (χ0) is 25.7. The smallest absolute Gasteiger partial charge is 0.326 e. The van der Waals surface area contributed by atoms with Gasteiger partial charge in [0.15, 0.2) is 0 Å². The van der Waals surface area contributed by atoms with Crippen molar-refractivity contribution in [3.05, 3.63) is 0 Å². The summed E-state index contributed by atoms with van der Waals surface area (Å²) in [5.41, 5.74) is 11.1. The summed E-state index contributed by atoms with van der Waals surface area (Å²) in [5.74, 6) is -3.42. The summed E-state index contributed by atoms with van der Waals surface area (Å²) < 4.78 is 0. The SMILES string of the molecule is CSCCC(N)C(=O)NC(CCC(N)=O)C(=O)NC(CC(C)C)C(=O)NC(C(=O)O)C(C)C. The lowest BCUT2D eigenvalue weighted by atomic mass is 9.99. The largest absolute Gasteiger partial charge is 0.480 e. The van der Waals surface area contributed by atoms with E-state index in [1.807, 2.05) is 20.1 Å². The minimum absolute atomic E-state index is 0.00186. The van der Waals surface area contributed by atoms with Gasteiger partial charge in [-0.05, 0) is 43.1 Å². The average molecular weight is 490 g/mol. The van der Waals surface area contributed by atoms with Crippen molar-refractivity contribution in [2.24, 2.45) is 23.3 Å². The van der Waals surface area contributed by atoms with E-state index in [2.05, 4.69) is 16.0 Å². The average Bonchev–Trinajstić information content (AvgIpc) is 2.70. The number of primary amides is 1. The number of nitrogens with one attached hydrogen (secondary N) is 3. The molecule has 0 saturated heterocycles. The molecule has 0 aromatic rings. The maximum atomic E-state index is 13.0. The third kappa shape index (κ3) is 12.5. The van der Waals surface area contributed by atoms with E-state index in [0.29, 0.717) is 12.2 Å². The maximum absolute atomic E-state index is 13.0. The Balaban J connectivity index is 5.51. The van der Waals surface area contributed by atoms with E-state index in [4.69, 9.17) is 11.5 Å². The lowest BCUT2D eigenvalue weighted by Crippen LogP contribution is -2.58. The van der Waals surface area contributed by atoms with Gasteiger partial charge in [0.2, 0.25) is 23.6 Å². The Morgan fingerprint density at radius 1 is 0.879 bits per heavy atom. The van der Waals surface area contributed by atoms with Gasteiger partial charge in [-0.25, -0.2) is 4.79 Å². The van der Waals surface area contributed by atoms with Crippen molar-refractivity contribution in [1.29, 1.82) is 0 Å². The molecule has 33 heavy (non-hydrogen) atoms. The normalized spacial score (nSPS) is 14.8. The monoisotopic (exact) mass is 489 g/mol. The molecule has 0 saturated carbocycles. The van der Waals surface area contributed by atoms with Crippen molar-refractivity contribution < 1.29 is 29.1 Å². The van der Waals surface area contributed by atoms with Gasteiger partial charge in [0.25, 0.3) is 0 Å². The molecule has 0 rings (SSSR count). The number of hydrogen-bond acceptors (Lipinski definition) is 7. The number of nitrogens with two attached hydrogens (primary N) is 2. The lowest BCUT2D eigenvalue weighted by molar-refractivity contribution is -0.143. The number of hydrogen-bond donors (Lipinski definition) is 6. The van der Waals surface area contributed by atoms with Crippen LogP contribution in [0.25, 0.3) is 0 Å². The molecule has 0 bridgehead atoms. The first-order valence-corrected chi connectivity index (χ1v) is 12.4. The quantitative estimate of drug-likeness (QED) is 0.168. The van der Waals surface area contributed by atoms with E-state index in [0.717, 1.165) is 0 Å². The van der Waals surface area contributed by atoms with E-state index in [-0.39, 0.29) is 31.1 Å². The van der Waals surface area contributed by atoms with Gasteiger partial charge in [-0.1, -0.05) is 27.7 Å². The zero-order valence-electron chi connectivity index (χ0n) is 20.1. The van der Waals surface area contributed by atoms with E-state index < -0.39 is 53.8 Å². The second kappa shape index (κ2) is 15.5. The number of carbonyl (C=O) groups is 5. The third-order valence-corrected chi connectivity index (χ3v) is 5.50. The van der Waals surface area contributed by atoms with Crippen LogP contribution in [0.15, 0.2) is 0 Å². The van der Waals surface area contributed by atoms with Crippen LogP contribution in [0.5, 0.6) is 0 Å². The molecule has 4 unspecified atom stereocenters. The standard InChI is InChI=1S/C21H39N5O6S/c1-11(2)10-15(20(30)26-17(12(3)4)21(31)32)25-19(29)14(6-7-16(23)27)24-18(28)13(22)8-9-33-5/h11-15,17H,6-10,22H2,1-5H3,(H2,23,27)(H,24,28)(H,25,29)(H,26,30)(H,31,32). The topological polar surface area (TPSA) is 194 Å². The molecule has 4 amide bonds. The fraction of sp³-hybridized carbons (Fsp3) is 0.762. The predicted octanol–water partition coefficient (Wildman–Crippen LogP) is -0.427. The van der Waals surface area contributed by atoms with Crippen molar-refractivity contribution in [2.75, 3.05) is 12.0 Å². The molecule has 0 aliphatic carbocycles. The second-order valence-corrected chi connectivity index (χ2v) is 9.70. The Morgan fingerprint density at radius 2 is 1.42 bits per heavy atom. The number of carboxylic acids is 1. The predicted molar refractivity (Wildman–Crippen MR) is 127 cm³/mol. The molecule has 190 valence electrons. The molecular weight excluding hydrogens is 450 g/mol. The third-order valence-electron chi connectivity index (χ3n) is 4.85. The first-order chi connectivity index (χ1) is 15.3. The first-order valence-electron chi connectivity index (χ1n) is 11.0. The van der Waals surface area contributed by atoms with Crippen LogP contribution in [-0.4, -0.2) is 70.9 Å². The van der Waals surface area contributed by atoms with Crippen molar-refractivity contribution >= 4 is 41.4 Å². The van der Waals surface area contributed by atoms with Gasteiger partial charge in [-0.15, -0.1) is 0 Å². The molecule has 0 radical (unpaired) electrons. The van der Waals surface area contributed by atoms with Crippen LogP contribution >= 0.6 is 11.8 Å². The number of thioether (sulfide) groups is 1. The highest BCUT2D eigenvalue weighted by molar-refractivity contribution is 7.98. The fourth-order valence-electron chi connectivity index (χ4n) is 2.95. The Morgan fingerprint density at radius 3 is 1.88 bits per heavy atom. The Labute approximate surface area is 199 Å². The van der Waals surface area contributed by atoms with E-state index in [1.54, 1.807) is 13.8 Å². The summed E-state index contributed by atoms with van der Waals surface area (Å²) in [6.07, 6.45) is 2.30. The molecule has 4 atom stereocenters. The molecule has 0 spiro atoms. The lowest BCUT2D eigenvalue weighted by Gasteiger charge is -2.26. The number of amides is 4. The molecule has 0 aliphatic rings. The fourth-order valence-corrected chi connectivity index (χ4v) is 3.44. The molecule has 0 fully saturated rings. The summed E-state index contributed by atoms with van der Waals surface area (Å²) in [6.45, 7) is 7.01. The van der Waals surface area contributed by atoms with Crippen LogP contribution in [0.2, 0.25) is 0 Å². The molecule has 0 aliphatic heterocycles. The first kappa shape index (κ1) is 30.7. The number of rotatable bonds is 16. The molecule has 0 heterocycles. The van der Waals surface area contributed by atoms with Gasteiger partial charge in [-0.3, -0.25) is 19.2 Å². The number of carboxylic acid groups (broad SMARTS) is 1. The van der Waals surface area contributed by atoms with E-state index >= 15 is 0 Å². The summed E-state index contributed by atoms with van der Waals surface area (Å²) in [7, 11) is 0. The molecule has 12 heteroatoms. The molecule has 11 nitrogen and oxygen atoms in total. The second-order valence-electron chi connectivity index (χ2n) is 8.71. The molecular formula is C21H39N5O6S. The van der Waals surface area contributed by atoms with Crippen molar-refractivity contribution in [1.82, 2.24) is 16.0 Å². The number of carbonyl (C=O) groups excluding carboxylic acids is 4. The van der Waals surface area contributed by atoms with Gasteiger partial charge in [0.1, 0.15) is 18.1 Å². The molecule has 0 aromatic carbocycles. The van der Waals surface area contributed by atoms with Crippen LogP contribution in [-0.2, 0) is 24.0 Å². The Kier molecular flexibility index (Phi) is 14.4. The van der Waals surface area contributed by atoms with Crippen LogP contribution < -0.4 is 27.4 Å². The van der Waals surface area contributed by atoms with Crippen LogP contribution in [0, 0.1) is 11.8 Å². The van der Waals surface area contributed by atoms with Gasteiger partial charge in [0, 0.05) is 6.42 Å². The summed E-state index contributed by atoms with van der Waals surface area (Å²) >= 11 is 1.53. The Bertz CT molecular complexity index is 688. The maximum Gasteiger partial charge on any atom is 0.326 e. The van der Waals surface area contributed by atoms with Crippen molar-refractivity contribution in [3.63, 3.8) is 0 Å². The minimum Gasteiger partial charge on any atom is -0.480 e. The summed E-state index contributed by atoms with van der Waals surface area (Å²) in [4.78, 5) is 60.9. The number of aliphatic carboxylic acids is 1. The van der Waals surface area contributed by atoms with Crippen LogP contribution in [0.1, 0.15) is 53.4 Å². The van der Waals surface area contributed by atoms with Gasteiger partial charge in [0.05, 0.1) is 6.04 Å². The van der Waals surface area contributed by atoms with Crippen LogP contribution in [0.4, 0.5) is 0 Å². The molecule has 0 aromatic heterocycles. The van der Waals surface area contributed by atoms with Crippen molar-refractivity contribution in [3.8, 4) is 0 Å². The highest BCUT2D eigenvalue weighted by Gasteiger charge is 2.31. The van der Waals surface area contributed by atoms with Gasteiger partial charge < -0.3 is 32.5 Å². The summed E-state index contributed by atoms with van der Waals surface area (Å²) in [5, 5.41) is 16.9. The Hall–Kier alpha value is -2.34. The van der Waals surface area contributed by atoms with E-state index in [1.165, 1.54) is 11.8 Å². The van der Waals surface area contributed by atoms with E-state index in [9.17, 15) is 29.1 Å². The van der Waals surface area contributed by atoms with Gasteiger partial charge in [-0.2, -0.15) is 11.8 Å². The highest BCUT2D eigenvalue weighted by atomic mass is 32.2. The summed E-state index contributed by atoms with van der Waals surface area (Å²) in [6, 6.07) is -4.12. The van der Waals surface area contributed by atoms with Crippen molar-refractivity contribution in [2.45, 2.75) is 77.5 Å².